The smallest absolute Gasteiger partial charge is 0.0968 e. The molecule has 1 fully saturated rings. The van der Waals surface area contributed by atoms with E-state index in [1.54, 1.807) is 4.90 Å². The minimum Gasteiger partial charge on any atom is -0.337 e. The molecule has 0 amide bonds. The molecule has 0 saturated heterocycles. The van der Waals surface area contributed by atoms with Crippen LogP contribution in [-0.4, -0.2) is 20.1 Å². The van der Waals surface area contributed by atoms with Gasteiger partial charge >= 0.3 is 0 Å². The molecular formula is C18H29ClN+. The zero-order chi connectivity index (χ0) is 14.8. The van der Waals surface area contributed by atoms with Crippen LogP contribution in [0.25, 0.3) is 0 Å². The molecule has 112 valence electrons. The number of benzene rings is 1. The summed E-state index contributed by atoms with van der Waals surface area (Å²) in [5.41, 5.74) is 1.89. The minimum atomic E-state index is 0.387. The van der Waals surface area contributed by atoms with Crippen LogP contribution < -0.4 is 4.90 Å². The molecule has 0 heterocycles. The fourth-order valence-corrected chi connectivity index (χ4v) is 3.92. The van der Waals surface area contributed by atoms with Crippen LogP contribution in [-0.2, 0) is 5.41 Å². The normalized spacial score (nSPS) is 19.1. The van der Waals surface area contributed by atoms with Crippen molar-refractivity contribution < 1.29 is 4.90 Å². The van der Waals surface area contributed by atoms with Crippen molar-refractivity contribution in [1.29, 1.82) is 0 Å². The van der Waals surface area contributed by atoms with Crippen molar-refractivity contribution in [3.05, 3.63) is 34.9 Å². The van der Waals surface area contributed by atoms with E-state index in [-0.39, 0.29) is 0 Å². The van der Waals surface area contributed by atoms with E-state index >= 15 is 0 Å². The van der Waals surface area contributed by atoms with Crippen LogP contribution in [0.2, 0.25) is 5.02 Å². The Labute approximate surface area is 129 Å². The topological polar surface area (TPSA) is 4.44 Å². The molecular weight excluding hydrogens is 266 g/mol. The summed E-state index contributed by atoms with van der Waals surface area (Å²) in [6.45, 7) is 4.66. The number of rotatable bonds is 6. The van der Waals surface area contributed by atoms with Crippen LogP contribution in [0.15, 0.2) is 24.3 Å². The van der Waals surface area contributed by atoms with Gasteiger partial charge in [0.25, 0.3) is 0 Å². The maximum atomic E-state index is 6.06. The lowest BCUT2D eigenvalue weighted by atomic mass is 9.59. The molecule has 2 heteroatoms. The second-order valence-electron chi connectivity index (χ2n) is 7.12. The molecule has 0 aliphatic heterocycles. The maximum Gasteiger partial charge on any atom is 0.0968 e. The second-order valence-corrected chi connectivity index (χ2v) is 7.55. The van der Waals surface area contributed by atoms with Gasteiger partial charge in [0.05, 0.1) is 20.1 Å². The third-order valence-corrected chi connectivity index (χ3v) is 5.31. The quantitative estimate of drug-likeness (QED) is 0.816. The van der Waals surface area contributed by atoms with Gasteiger partial charge < -0.3 is 4.90 Å². The fraction of sp³-hybridized carbons (Fsp3) is 0.667. The molecule has 0 aromatic heterocycles. The molecule has 1 saturated carbocycles. The van der Waals surface area contributed by atoms with Gasteiger partial charge in [-0.1, -0.05) is 44.0 Å². The Bertz CT molecular complexity index is 418. The van der Waals surface area contributed by atoms with Crippen molar-refractivity contribution in [3.8, 4) is 0 Å². The van der Waals surface area contributed by atoms with Crippen molar-refractivity contribution in [2.75, 3.05) is 14.1 Å². The Balaban J connectivity index is 2.24. The number of halogens is 1. The van der Waals surface area contributed by atoms with Gasteiger partial charge in [0.15, 0.2) is 0 Å². The number of likely N-dealkylation sites (N-methyl/N-ethyl adjacent to an activating group) is 1. The molecule has 0 spiro atoms. The molecule has 20 heavy (non-hydrogen) atoms. The summed E-state index contributed by atoms with van der Waals surface area (Å²) in [6, 6.07) is 9.35. The summed E-state index contributed by atoms with van der Waals surface area (Å²) in [5.74, 6) is 0.791. The van der Waals surface area contributed by atoms with Gasteiger partial charge in [0.1, 0.15) is 0 Å². The summed E-state index contributed by atoms with van der Waals surface area (Å²) in [4.78, 5) is 1.60. The molecule has 0 unspecified atom stereocenters. The highest BCUT2D eigenvalue weighted by atomic mass is 35.5. The van der Waals surface area contributed by atoms with E-state index in [1.165, 1.54) is 37.7 Å². The zero-order valence-corrected chi connectivity index (χ0v) is 14.1. The first-order chi connectivity index (χ1) is 9.45. The van der Waals surface area contributed by atoms with Gasteiger partial charge in [0, 0.05) is 16.9 Å². The van der Waals surface area contributed by atoms with E-state index in [4.69, 9.17) is 11.6 Å². The van der Waals surface area contributed by atoms with Crippen molar-refractivity contribution >= 4 is 11.6 Å². The third kappa shape index (κ3) is 3.20. The summed E-state index contributed by atoms with van der Waals surface area (Å²) < 4.78 is 0. The standard InChI is InChI=1S/C18H28ClN/c1-14(2)6-11-17(20(3)4)18(12-5-13-18)15-7-9-16(19)10-8-15/h7-10,14,17H,5-6,11-13H2,1-4H3/p+1/t17-/m0/s1. The summed E-state index contributed by atoms with van der Waals surface area (Å²) in [6.07, 6.45) is 6.69. The SMILES string of the molecule is CC(C)CC[C@H]([NH+](C)C)C1(c2ccc(Cl)cc2)CCC1. The van der Waals surface area contributed by atoms with Crippen LogP contribution in [0, 0.1) is 5.92 Å². The Morgan fingerprint density at radius 2 is 1.70 bits per heavy atom. The largest absolute Gasteiger partial charge is 0.337 e. The van der Waals surface area contributed by atoms with Crippen LogP contribution in [0.5, 0.6) is 0 Å². The molecule has 1 aromatic carbocycles. The first-order valence-electron chi connectivity index (χ1n) is 8.02. The van der Waals surface area contributed by atoms with Crippen molar-refractivity contribution in [3.63, 3.8) is 0 Å². The molecule has 0 radical (unpaired) electrons. The Morgan fingerprint density at radius 1 is 1.10 bits per heavy atom. The lowest BCUT2D eigenvalue weighted by Crippen LogP contribution is -3.12. The Hall–Kier alpha value is -0.530. The maximum absolute atomic E-state index is 6.06. The predicted molar refractivity (Wildman–Crippen MR) is 87.7 cm³/mol. The monoisotopic (exact) mass is 294 g/mol. The fourth-order valence-electron chi connectivity index (χ4n) is 3.80. The minimum absolute atomic E-state index is 0.387. The lowest BCUT2D eigenvalue weighted by molar-refractivity contribution is -0.893. The first kappa shape index (κ1) is 15.9. The average Bonchev–Trinajstić information content (AvgIpc) is 2.33. The molecule has 1 nitrogen and oxygen atoms in total. The van der Waals surface area contributed by atoms with E-state index in [2.05, 4.69) is 52.2 Å². The van der Waals surface area contributed by atoms with Gasteiger partial charge in [0.2, 0.25) is 0 Å². The molecule has 1 atom stereocenters. The number of hydrogen-bond acceptors (Lipinski definition) is 0. The average molecular weight is 295 g/mol. The van der Waals surface area contributed by atoms with E-state index in [9.17, 15) is 0 Å². The number of hydrogen-bond donors (Lipinski definition) is 1. The lowest BCUT2D eigenvalue weighted by Gasteiger charge is -2.48. The van der Waals surface area contributed by atoms with Crippen LogP contribution in [0.4, 0.5) is 0 Å². The van der Waals surface area contributed by atoms with Gasteiger partial charge in [-0.2, -0.15) is 0 Å². The summed E-state index contributed by atoms with van der Waals surface area (Å²) in [5, 5.41) is 0.846. The first-order valence-corrected chi connectivity index (χ1v) is 8.39. The van der Waals surface area contributed by atoms with Gasteiger partial charge in [-0.05, 0) is 42.9 Å². The van der Waals surface area contributed by atoms with E-state index in [0.717, 1.165) is 17.0 Å². The van der Waals surface area contributed by atoms with Gasteiger partial charge in [-0.25, -0.2) is 0 Å². The predicted octanol–water partition coefficient (Wildman–Crippen LogP) is 3.71. The summed E-state index contributed by atoms with van der Waals surface area (Å²) in [7, 11) is 4.64. The second kappa shape index (κ2) is 6.49. The molecule has 1 aliphatic rings. The molecule has 2 rings (SSSR count). The van der Waals surface area contributed by atoms with Crippen molar-refractivity contribution in [2.45, 2.75) is 57.4 Å². The van der Waals surface area contributed by atoms with Crippen LogP contribution >= 0.6 is 11.6 Å². The molecule has 0 bridgehead atoms. The number of nitrogens with one attached hydrogen (secondary N) is 1. The van der Waals surface area contributed by atoms with Crippen molar-refractivity contribution in [1.82, 2.24) is 0 Å². The Morgan fingerprint density at radius 3 is 2.10 bits per heavy atom. The molecule has 1 aliphatic carbocycles. The molecule has 1 aromatic rings. The van der Waals surface area contributed by atoms with Gasteiger partial charge in [-0.3, -0.25) is 0 Å². The highest BCUT2D eigenvalue weighted by molar-refractivity contribution is 6.30. The number of quaternary nitrogens is 1. The van der Waals surface area contributed by atoms with Gasteiger partial charge in [-0.15, -0.1) is 0 Å². The molecule has 1 N–H and O–H groups in total. The van der Waals surface area contributed by atoms with E-state index in [0.29, 0.717) is 5.41 Å². The summed E-state index contributed by atoms with van der Waals surface area (Å²) >= 11 is 6.06. The van der Waals surface area contributed by atoms with E-state index < -0.39 is 0 Å². The van der Waals surface area contributed by atoms with Crippen LogP contribution in [0.3, 0.4) is 0 Å². The third-order valence-electron chi connectivity index (χ3n) is 5.06. The Kier molecular flexibility index (Phi) is 5.14. The van der Waals surface area contributed by atoms with Crippen LogP contribution in [0.1, 0.15) is 51.5 Å². The van der Waals surface area contributed by atoms with E-state index in [1.807, 2.05) is 0 Å². The van der Waals surface area contributed by atoms with Crippen molar-refractivity contribution in [2.24, 2.45) is 5.92 Å². The highest BCUT2D eigenvalue weighted by Gasteiger charge is 2.48. The zero-order valence-electron chi connectivity index (χ0n) is 13.4. The highest BCUT2D eigenvalue weighted by Crippen LogP contribution is 2.47.